The number of unbranched alkanes of at least 4 members (excludes halogenated alkanes) is 43. The average molecular weight is 985 g/mol. The molecule has 0 aromatic rings. The van der Waals surface area contributed by atoms with Gasteiger partial charge in [0.2, 0.25) is 5.91 Å². The molecule has 0 bridgehead atoms. The standard InChI is InChI=1S/C64H121NO5/c1-3-5-7-9-11-13-15-16-30-34-38-42-46-50-54-58-64(69)70-59-55-51-47-43-39-35-32-29-27-25-23-21-19-17-18-20-22-24-26-28-31-33-37-41-45-49-53-57-63(68)65-61(60-66)62(67)56-52-48-44-40-36-14-12-10-8-6-4-2/h11,13,16,30,52,56,61-62,66-67H,3-10,12,14-15,17-29,31-51,53-55,57-60H2,1-2H3,(H,65,68)/b13-11-,30-16-,56-52+. The van der Waals surface area contributed by atoms with Gasteiger partial charge in [0.1, 0.15) is 0 Å². The summed E-state index contributed by atoms with van der Waals surface area (Å²) in [5, 5.41) is 23.0. The van der Waals surface area contributed by atoms with Gasteiger partial charge in [0.05, 0.1) is 25.4 Å². The summed E-state index contributed by atoms with van der Waals surface area (Å²) in [5.74, 6) is -0.0625. The van der Waals surface area contributed by atoms with Crippen molar-refractivity contribution >= 4 is 11.9 Å². The number of amides is 1. The molecule has 0 aliphatic carbocycles. The lowest BCUT2D eigenvalue weighted by Gasteiger charge is -2.20. The van der Waals surface area contributed by atoms with Crippen molar-refractivity contribution in [2.75, 3.05) is 13.2 Å². The van der Waals surface area contributed by atoms with Gasteiger partial charge in [-0.2, -0.15) is 0 Å². The number of allylic oxidation sites excluding steroid dienone is 5. The first-order valence-corrected chi connectivity index (χ1v) is 31.3. The molecule has 6 heteroatoms. The maximum Gasteiger partial charge on any atom is 0.305 e. The largest absolute Gasteiger partial charge is 0.466 e. The second kappa shape index (κ2) is 59.6. The van der Waals surface area contributed by atoms with E-state index in [1.807, 2.05) is 6.08 Å². The van der Waals surface area contributed by atoms with E-state index < -0.39 is 12.1 Å². The topological polar surface area (TPSA) is 95.9 Å². The molecular formula is C64H121NO5. The molecule has 3 N–H and O–H groups in total. The molecule has 70 heavy (non-hydrogen) atoms. The molecule has 412 valence electrons. The SMILES string of the molecule is CCCCC/C=C\C/C=C\CCCCCCCC(=O)OCCCCCCCCCCCCCCCCCCCCCCCCCCCCCC(=O)NC(CO)C(O)/C=C/CCCCCCCCCCC. The molecule has 0 rings (SSSR count). The smallest absolute Gasteiger partial charge is 0.305 e. The van der Waals surface area contributed by atoms with Crippen molar-refractivity contribution in [3.63, 3.8) is 0 Å². The zero-order chi connectivity index (χ0) is 50.7. The van der Waals surface area contributed by atoms with Crippen molar-refractivity contribution in [3.05, 3.63) is 36.5 Å². The first-order chi connectivity index (χ1) is 34.5. The van der Waals surface area contributed by atoms with Crippen molar-refractivity contribution in [2.24, 2.45) is 0 Å². The molecule has 0 radical (unpaired) electrons. The molecule has 0 aromatic carbocycles. The van der Waals surface area contributed by atoms with Crippen molar-refractivity contribution in [1.82, 2.24) is 5.32 Å². The molecule has 1 amide bonds. The van der Waals surface area contributed by atoms with Crippen molar-refractivity contribution in [3.8, 4) is 0 Å². The van der Waals surface area contributed by atoms with Crippen LogP contribution in [0, 0.1) is 0 Å². The molecule has 0 aromatic heterocycles. The Balaban J connectivity index is 3.35. The maximum absolute atomic E-state index is 12.4. The highest BCUT2D eigenvalue weighted by Gasteiger charge is 2.18. The number of rotatable bonds is 58. The van der Waals surface area contributed by atoms with Crippen LogP contribution in [0.15, 0.2) is 36.5 Å². The number of hydrogen-bond donors (Lipinski definition) is 3. The van der Waals surface area contributed by atoms with Crippen LogP contribution in [0.2, 0.25) is 0 Å². The van der Waals surface area contributed by atoms with E-state index in [2.05, 4.69) is 43.5 Å². The number of hydrogen-bond acceptors (Lipinski definition) is 5. The zero-order valence-corrected chi connectivity index (χ0v) is 47.0. The normalized spacial score (nSPS) is 12.8. The average Bonchev–Trinajstić information content (AvgIpc) is 3.36. The Hall–Kier alpha value is -1.92. The molecule has 0 fully saturated rings. The van der Waals surface area contributed by atoms with Gasteiger partial charge in [0, 0.05) is 12.8 Å². The monoisotopic (exact) mass is 984 g/mol. The summed E-state index contributed by atoms with van der Waals surface area (Å²) >= 11 is 0. The van der Waals surface area contributed by atoms with E-state index in [0.29, 0.717) is 19.4 Å². The van der Waals surface area contributed by atoms with Crippen LogP contribution in [0.3, 0.4) is 0 Å². The third kappa shape index (κ3) is 55.4. The number of carbonyl (C=O) groups is 2. The van der Waals surface area contributed by atoms with Crippen LogP contribution in [0.1, 0.15) is 335 Å². The second-order valence-corrected chi connectivity index (χ2v) is 21.4. The van der Waals surface area contributed by atoms with Crippen molar-refractivity contribution in [2.45, 2.75) is 347 Å². The summed E-state index contributed by atoms with van der Waals surface area (Å²) in [6, 6.07) is -0.624. The van der Waals surface area contributed by atoms with Gasteiger partial charge in [-0.1, -0.05) is 294 Å². The summed E-state index contributed by atoms with van der Waals surface area (Å²) < 4.78 is 5.48. The molecule has 2 unspecified atom stereocenters. The minimum absolute atomic E-state index is 0.00350. The number of ether oxygens (including phenoxy) is 1. The van der Waals surface area contributed by atoms with Crippen molar-refractivity contribution in [1.29, 1.82) is 0 Å². The minimum atomic E-state index is -0.841. The van der Waals surface area contributed by atoms with Gasteiger partial charge in [-0.3, -0.25) is 9.59 Å². The van der Waals surface area contributed by atoms with Crippen LogP contribution in [0.5, 0.6) is 0 Å². The van der Waals surface area contributed by atoms with Gasteiger partial charge in [0.25, 0.3) is 0 Å². The van der Waals surface area contributed by atoms with Crippen LogP contribution < -0.4 is 5.32 Å². The van der Waals surface area contributed by atoms with Crippen LogP contribution in [0.4, 0.5) is 0 Å². The first-order valence-electron chi connectivity index (χ1n) is 31.3. The van der Waals surface area contributed by atoms with Gasteiger partial charge >= 0.3 is 5.97 Å². The molecule has 6 nitrogen and oxygen atoms in total. The van der Waals surface area contributed by atoms with Gasteiger partial charge in [-0.15, -0.1) is 0 Å². The lowest BCUT2D eigenvalue weighted by Crippen LogP contribution is -2.45. The van der Waals surface area contributed by atoms with Gasteiger partial charge in [0.15, 0.2) is 0 Å². The summed E-state index contributed by atoms with van der Waals surface area (Å²) in [6.45, 7) is 4.87. The third-order valence-electron chi connectivity index (χ3n) is 14.4. The fraction of sp³-hybridized carbons (Fsp3) is 0.875. The Morgan fingerprint density at radius 2 is 0.714 bits per heavy atom. The van der Waals surface area contributed by atoms with E-state index in [1.165, 1.54) is 257 Å². The van der Waals surface area contributed by atoms with E-state index in [-0.39, 0.29) is 18.5 Å². The Kier molecular flexibility index (Phi) is 58.0. The quantitative estimate of drug-likeness (QED) is 0.0321. The Morgan fingerprint density at radius 3 is 1.11 bits per heavy atom. The Morgan fingerprint density at radius 1 is 0.400 bits per heavy atom. The molecule has 0 saturated heterocycles. The highest BCUT2D eigenvalue weighted by Crippen LogP contribution is 2.18. The Bertz CT molecular complexity index is 1130. The summed E-state index contributed by atoms with van der Waals surface area (Å²) in [7, 11) is 0. The van der Waals surface area contributed by atoms with E-state index in [9.17, 15) is 19.8 Å². The fourth-order valence-corrected chi connectivity index (χ4v) is 9.61. The fourth-order valence-electron chi connectivity index (χ4n) is 9.61. The first kappa shape index (κ1) is 68.1. The van der Waals surface area contributed by atoms with E-state index in [0.717, 1.165) is 51.4 Å². The highest BCUT2D eigenvalue weighted by molar-refractivity contribution is 5.76. The molecule has 0 aliphatic rings. The van der Waals surface area contributed by atoms with Gasteiger partial charge in [-0.05, 0) is 64.2 Å². The van der Waals surface area contributed by atoms with Crippen LogP contribution in [-0.2, 0) is 14.3 Å². The molecule has 0 saturated carbocycles. The summed E-state index contributed by atoms with van der Waals surface area (Å²) in [6.07, 6.45) is 74.8. The summed E-state index contributed by atoms with van der Waals surface area (Å²) in [5.41, 5.74) is 0. The van der Waals surface area contributed by atoms with E-state index >= 15 is 0 Å². The van der Waals surface area contributed by atoms with Crippen molar-refractivity contribution < 1.29 is 24.5 Å². The predicted molar refractivity (Wildman–Crippen MR) is 306 cm³/mol. The van der Waals surface area contributed by atoms with Crippen LogP contribution in [0.25, 0.3) is 0 Å². The molecule has 2 atom stereocenters. The second-order valence-electron chi connectivity index (χ2n) is 21.4. The van der Waals surface area contributed by atoms with E-state index in [1.54, 1.807) is 6.08 Å². The number of aliphatic hydroxyl groups excluding tert-OH is 2. The zero-order valence-electron chi connectivity index (χ0n) is 47.0. The van der Waals surface area contributed by atoms with Crippen LogP contribution in [-0.4, -0.2) is 47.4 Å². The van der Waals surface area contributed by atoms with E-state index in [4.69, 9.17) is 4.74 Å². The molecule has 0 heterocycles. The minimum Gasteiger partial charge on any atom is -0.466 e. The van der Waals surface area contributed by atoms with Gasteiger partial charge in [-0.25, -0.2) is 0 Å². The molecule has 0 aliphatic heterocycles. The maximum atomic E-state index is 12.4. The number of esters is 1. The Labute approximate surface area is 436 Å². The van der Waals surface area contributed by atoms with Crippen LogP contribution >= 0.6 is 0 Å². The van der Waals surface area contributed by atoms with Gasteiger partial charge < -0.3 is 20.3 Å². The third-order valence-corrected chi connectivity index (χ3v) is 14.4. The molecular weight excluding hydrogens is 863 g/mol. The highest BCUT2D eigenvalue weighted by atomic mass is 16.5. The summed E-state index contributed by atoms with van der Waals surface area (Å²) in [4.78, 5) is 24.5. The predicted octanol–water partition coefficient (Wildman–Crippen LogP) is 19.6. The number of carbonyl (C=O) groups excluding carboxylic acids is 2. The lowest BCUT2D eigenvalue weighted by atomic mass is 10.0. The lowest BCUT2D eigenvalue weighted by molar-refractivity contribution is -0.143. The molecule has 0 spiro atoms. The number of nitrogens with one attached hydrogen (secondary N) is 1. The number of aliphatic hydroxyl groups is 2.